The Morgan fingerprint density at radius 3 is 2.67 bits per heavy atom. The molecule has 2 heterocycles. The number of carbonyl (C=O) groups is 1. The van der Waals surface area contributed by atoms with Crippen molar-refractivity contribution >= 4 is 40.4 Å². The van der Waals surface area contributed by atoms with Crippen LogP contribution in [0.25, 0.3) is 11.6 Å². The summed E-state index contributed by atoms with van der Waals surface area (Å²) in [4.78, 5) is 26.1. The van der Waals surface area contributed by atoms with Crippen LogP contribution in [0.5, 0.6) is 0 Å². The molecule has 0 saturated heterocycles. The smallest absolute Gasteiger partial charge is 0.269 e. The molecular weight excluding hydrogens is 420 g/mol. The molecule has 2 aromatic heterocycles. The second kappa shape index (κ2) is 8.82. The van der Waals surface area contributed by atoms with Crippen LogP contribution in [0.1, 0.15) is 40.7 Å². The van der Waals surface area contributed by atoms with Crippen molar-refractivity contribution in [3.05, 3.63) is 71.4 Å². The van der Waals surface area contributed by atoms with Crippen LogP contribution in [0, 0.1) is 25.2 Å². The Morgan fingerprint density at radius 1 is 1.37 bits per heavy atom. The number of carbonyl (C=O) groups excluding carboxylic acids is 1. The molecule has 0 unspecified atom stereocenters. The van der Waals surface area contributed by atoms with Crippen LogP contribution in [0.2, 0.25) is 5.02 Å². The van der Waals surface area contributed by atoms with Crippen LogP contribution in [0.15, 0.2) is 29.1 Å². The van der Waals surface area contributed by atoms with Gasteiger partial charge in [0.05, 0.1) is 10.2 Å². The second-order valence-electron chi connectivity index (χ2n) is 6.91. The van der Waals surface area contributed by atoms with Crippen LogP contribution in [0.4, 0.5) is 0 Å². The number of nitriles is 1. The molecule has 0 aliphatic carbocycles. The van der Waals surface area contributed by atoms with E-state index in [2.05, 4.69) is 5.10 Å². The molecule has 0 radical (unpaired) electrons. The SMILES string of the molecule is CCCn1c(=C(C#N)C(=O)c2cccc(Cl)c2)sc(=Cc2c(C)nn(C)c2C)c1=O. The van der Waals surface area contributed by atoms with E-state index in [0.29, 0.717) is 32.7 Å². The van der Waals surface area contributed by atoms with Crippen molar-refractivity contribution in [3.8, 4) is 6.07 Å². The van der Waals surface area contributed by atoms with Gasteiger partial charge >= 0.3 is 0 Å². The summed E-state index contributed by atoms with van der Waals surface area (Å²) < 4.78 is 4.10. The van der Waals surface area contributed by atoms with Gasteiger partial charge in [-0.2, -0.15) is 10.4 Å². The van der Waals surface area contributed by atoms with E-state index in [4.69, 9.17) is 11.6 Å². The topological polar surface area (TPSA) is 80.7 Å². The monoisotopic (exact) mass is 440 g/mol. The molecule has 0 fully saturated rings. The molecule has 0 aliphatic heterocycles. The van der Waals surface area contributed by atoms with Gasteiger partial charge in [-0.1, -0.05) is 30.7 Å². The van der Waals surface area contributed by atoms with Gasteiger partial charge in [0, 0.05) is 35.4 Å². The van der Waals surface area contributed by atoms with E-state index in [0.717, 1.165) is 28.3 Å². The fourth-order valence-corrected chi connectivity index (χ4v) is 4.53. The van der Waals surface area contributed by atoms with Crippen molar-refractivity contribution in [1.82, 2.24) is 14.3 Å². The standard InChI is InChI=1S/C22H21ClN4O2S/c1-5-9-27-21(29)19(11-17-13(2)25-26(4)14(17)3)30-22(27)18(12-24)20(28)15-7-6-8-16(23)10-15/h6-8,10-11H,5,9H2,1-4H3. The van der Waals surface area contributed by atoms with Crippen molar-refractivity contribution in [2.24, 2.45) is 7.05 Å². The first-order chi connectivity index (χ1) is 14.3. The van der Waals surface area contributed by atoms with Gasteiger partial charge in [0.15, 0.2) is 0 Å². The van der Waals surface area contributed by atoms with Crippen LogP contribution < -0.4 is 14.8 Å². The Balaban J connectivity index is 2.32. The summed E-state index contributed by atoms with van der Waals surface area (Å²) in [5.41, 5.74) is 2.64. The van der Waals surface area contributed by atoms with Crippen molar-refractivity contribution in [3.63, 3.8) is 0 Å². The predicted molar refractivity (Wildman–Crippen MR) is 119 cm³/mol. The molecule has 0 bridgehead atoms. The van der Waals surface area contributed by atoms with Gasteiger partial charge in [-0.05, 0) is 38.5 Å². The minimum Gasteiger partial charge on any atom is -0.298 e. The molecule has 154 valence electrons. The lowest BCUT2D eigenvalue weighted by atomic mass is 10.1. The molecule has 0 spiro atoms. The van der Waals surface area contributed by atoms with E-state index in [1.54, 1.807) is 29.0 Å². The first-order valence-electron chi connectivity index (χ1n) is 9.44. The number of hydrogen-bond acceptors (Lipinski definition) is 5. The fourth-order valence-electron chi connectivity index (χ4n) is 3.23. The Kier molecular flexibility index (Phi) is 6.40. The minimum absolute atomic E-state index is 0.0629. The zero-order valence-electron chi connectivity index (χ0n) is 17.2. The lowest BCUT2D eigenvalue weighted by molar-refractivity contribution is 0.105. The van der Waals surface area contributed by atoms with E-state index >= 15 is 0 Å². The molecule has 1 aromatic carbocycles. The second-order valence-corrected chi connectivity index (χ2v) is 8.37. The molecule has 3 aromatic rings. The van der Waals surface area contributed by atoms with Gasteiger partial charge < -0.3 is 0 Å². The summed E-state index contributed by atoms with van der Waals surface area (Å²) in [5, 5.41) is 14.6. The number of rotatable bonds is 5. The number of thiazole rings is 1. The van der Waals surface area contributed by atoms with Gasteiger partial charge in [-0.3, -0.25) is 18.8 Å². The van der Waals surface area contributed by atoms with Gasteiger partial charge in [0.25, 0.3) is 5.56 Å². The summed E-state index contributed by atoms with van der Waals surface area (Å²) in [7, 11) is 1.85. The number of ketones is 1. The molecule has 0 aliphatic rings. The summed E-state index contributed by atoms with van der Waals surface area (Å²) in [5.74, 6) is -0.452. The lowest BCUT2D eigenvalue weighted by Crippen LogP contribution is -2.32. The normalized spacial score (nSPS) is 12.7. The number of Topliss-reactive ketones (excluding diaryl/α,β-unsaturated/α-hetero) is 1. The third kappa shape index (κ3) is 4.02. The molecule has 30 heavy (non-hydrogen) atoms. The Bertz CT molecular complexity index is 1360. The van der Waals surface area contributed by atoms with E-state index in [1.807, 2.05) is 33.9 Å². The first kappa shape index (κ1) is 21.8. The van der Waals surface area contributed by atoms with Gasteiger partial charge in [-0.15, -0.1) is 11.3 Å². The number of benzene rings is 1. The first-order valence-corrected chi connectivity index (χ1v) is 10.6. The van der Waals surface area contributed by atoms with Crippen LogP contribution >= 0.6 is 22.9 Å². The average molecular weight is 441 g/mol. The van der Waals surface area contributed by atoms with Gasteiger partial charge in [0.1, 0.15) is 16.3 Å². The highest BCUT2D eigenvalue weighted by molar-refractivity contribution is 7.07. The molecule has 0 amide bonds. The fraction of sp³-hybridized carbons (Fsp3) is 0.273. The highest BCUT2D eigenvalue weighted by Gasteiger charge is 2.18. The highest BCUT2D eigenvalue weighted by atomic mass is 35.5. The van der Waals surface area contributed by atoms with E-state index in [-0.39, 0.29) is 11.1 Å². The molecule has 0 atom stereocenters. The van der Waals surface area contributed by atoms with E-state index in [9.17, 15) is 14.9 Å². The quantitative estimate of drug-likeness (QED) is 0.571. The summed E-state index contributed by atoms with van der Waals surface area (Å²) >= 11 is 7.16. The lowest BCUT2D eigenvalue weighted by Gasteiger charge is -2.02. The molecular formula is C22H21ClN4O2S. The molecule has 8 heteroatoms. The maximum absolute atomic E-state index is 13.1. The number of aromatic nitrogens is 3. The Labute approximate surface area is 183 Å². The summed E-state index contributed by atoms with van der Waals surface area (Å²) in [6.45, 7) is 6.17. The van der Waals surface area contributed by atoms with Crippen molar-refractivity contribution in [2.75, 3.05) is 0 Å². The number of nitrogens with zero attached hydrogens (tertiary/aromatic N) is 4. The third-order valence-corrected chi connectivity index (χ3v) is 6.20. The van der Waals surface area contributed by atoms with E-state index in [1.165, 1.54) is 10.6 Å². The van der Waals surface area contributed by atoms with Crippen molar-refractivity contribution in [1.29, 1.82) is 5.26 Å². The van der Waals surface area contributed by atoms with Crippen LogP contribution in [0.3, 0.4) is 0 Å². The highest BCUT2D eigenvalue weighted by Crippen LogP contribution is 2.15. The largest absolute Gasteiger partial charge is 0.298 e. The third-order valence-electron chi connectivity index (χ3n) is 4.83. The Hall–Kier alpha value is -2.95. The minimum atomic E-state index is -0.452. The van der Waals surface area contributed by atoms with Crippen molar-refractivity contribution < 1.29 is 4.79 Å². The predicted octanol–water partition coefficient (Wildman–Crippen LogP) is 2.71. The molecule has 0 N–H and O–H groups in total. The Morgan fingerprint density at radius 2 is 2.10 bits per heavy atom. The van der Waals surface area contributed by atoms with Crippen LogP contribution in [-0.2, 0) is 13.6 Å². The van der Waals surface area contributed by atoms with Crippen molar-refractivity contribution in [2.45, 2.75) is 33.7 Å². The molecule has 3 rings (SSSR count). The maximum Gasteiger partial charge on any atom is 0.269 e. The number of halogens is 1. The summed E-state index contributed by atoms with van der Waals surface area (Å²) in [6, 6.07) is 8.46. The maximum atomic E-state index is 13.1. The molecule has 6 nitrogen and oxygen atoms in total. The zero-order valence-corrected chi connectivity index (χ0v) is 18.8. The van der Waals surface area contributed by atoms with Gasteiger partial charge in [0.2, 0.25) is 5.78 Å². The van der Waals surface area contributed by atoms with E-state index < -0.39 is 5.78 Å². The molecule has 0 saturated carbocycles. The zero-order chi connectivity index (χ0) is 22.0. The van der Waals surface area contributed by atoms with Crippen LogP contribution in [-0.4, -0.2) is 20.1 Å². The average Bonchev–Trinajstić information content (AvgIpc) is 3.14. The summed E-state index contributed by atoms with van der Waals surface area (Å²) in [6.07, 6.45) is 2.48. The number of hydrogen-bond donors (Lipinski definition) is 0. The van der Waals surface area contributed by atoms with Gasteiger partial charge in [-0.25, -0.2) is 0 Å². The number of aryl methyl sites for hydroxylation is 2.